The van der Waals surface area contributed by atoms with Gasteiger partial charge in [-0.15, -0.1) is 0 Å². The number of likely N-dealkylation sites (N-methyl/N-ethyl adjacent to an activating group) is 1. The van der Waals surface area contributed by atoms with Gasteiger partial charge in [0.05, 0.1) is 12.8 Å². The molecule has 3 heteroatoms. The Balaban J connectivity index is 2.09. The number of nitrogens with zero attached hydrogens (tertiary/aromatic N) is 1. The molecule has 0 spiro atoms. The molecule has 0 aromatic carbocycles. The van der Waals surface area contributed by atoms with Gasteiger partial charge in [-0.05, 0) is 37.9 Å². The molecule has 2 unspecified atom stereocenters. The normalized spacial score (nSPS) is 30.1. The standard InChI is InChI=1S/C13H22N2O/c1-11-5-3-7-13(11,10-14)15(2)9-12-6-4-8-16-12/h4,6,8,11H,3,5,7,9-10,14H2,1-2H3. The molecule has 1 aliphatic carbocycles. The van der Waals surface area contributed by atoms with E-state index in [-0.39, 0.29) is 5.54 Å². The number of nitrogens with two attached hydrogens (primary N) is 1. The van der Waals surface area contributed by atoms with E-state index in [1.165, 1.54) is 19.3 Å². The zero-order valence-corrected chi connectivity index (χ0v) is 10.3. The summed E-state index contributed by atoms with van der Waals surface area (Å²) in [5, 5.41) is 0. The van der Waals surface area contributed by atoms with Crippen LogP contribution >= 0.6 is 0 Å². The van der Waals surface area contributed by atoms with Crippen molar-refractivity contribution in [1.29, 1.82) is 0 Å². The van der Waals surface area contributed by atoms with Crippen LogP contribution in [0.5, 0.6) is 0 Å². The van der Waals surface area contributed by atoms with Gasteiger partial charge in [0.1, 0.15) is 5.76 Å². The summed E-state index contributed by atoms with van der Waals surface area (Å²) in [5.74, 6) is 1.70. The summed E-state index contributed by atoms with van der Waals surface area (Å²) in [6.45, 7) is 3.92. The second-order valence-electron chi connectivity index (χ2n) is 5.04. The summed E-state index contributed by atoms with van der Waals surface area (Å²) < 4.78 is 5.41. The minimum absolute atomic E-state index is 0.173. The third kappa shape index (κ3) is 1.89. The summed E-state index contributed by atoms with van der Waals surface area (Å²) in [7, 11) is 2.16. The third-order valence-corrected chi connectivity index (χ3v) is 4.25. The molecule has 3 nitrogen and oxygen atoms in total. The van der Waals surface area contributed by atoms with Gasteiger partial charge < -0.3 is 10.2 Å². The molecule has 0 amide bonds. The topological polar surface area (TPSA) is 42.4 Å². The van der Waals surface area contributed by atoms with Crippen LogP contribution in [0.3, 0.4) is 0 Å². The van der Waals surface area contributed by atoms with Gasteiger partial charge in [0, 0.05) is 12.1 Å². The van der Waals surface area contributed by atoms with Crippen molar-refractivity contribution in [3.8, 4) is 0 Å². The average molecular weight is 222 g/mol. The molecule has 16 heavy (non-hydrogen) atoms. The van der Waals surface area contributed by atoms with E-state index in [0.29, 0.717) is 5.92 Å². The Bertz CT molecular complexity index is 323. The fraction of sp³-hybridized carbons (Fsp3) is 0.692. The van der Waals surface area contributed by atoms with Gasteiger partial charge in [-0.1, -0.05) is 13.3 Å². The summed E-state index contributed by atoms with van der Waals surface area (Å²) in [5.41, 5.74) is 6.19. The minimum atomic E-state index is 0.173. The van der Waals surface area contributed by atoms with Crippen molar-refractivity contribution in [2.24, 2.45) is 11.7 Å². The molecule has 1 aliphatic rings. The van der Waals surface area contributed by atoms with Gasteiger partial charge in [0.25, 0.3) is 0 Å². The number of hydrogen-bond donors (Lipinski definition) is 1. The average Bonchev–Trinajstić information content (AvgIpc) is 2.88. The number of furan rings is 1. The lowest BCUT2D eigenvalue weighted by atomic mass is 9.86. The van der Waals surface area contributed by atoms with E-state index >= 15 is 0 Å². The monoisotopic (exact) mass is 222 g/mol. The molecule has 1 aromatic heterocycles. The largest absolute Gasteiger partial charge is 0.468 e. The van der Waals surface area contributed by atoms with E-state index in [2.05, 4.69) is 18.9 Å². The Morgan fingerprint density at radius 1 is 1.62 bits per heavy atom. The first-order chi connectivity index (χ1) is 7.69. The van der Waals surface area contributed by atoms with Crippen molar-refractivity contribution in [3.63, 3.8) is 0 Å². The third-order valence-electron chi connectivity index (χ3n) is 4.25. The lowest BCUT2D eigenvalue weighted by Crippen LogP contribution is -2.53. The molecule has 0 saturated heterocycles. The Morgan fingerprint density at radius 2 is 2.44 bits per heavy atom. The molecular weight excluding hydrogens is 200 g/mol. The zero-order valence-electron chi connectivity index (χ0n) is 10.3. The predicted molar refractivity (Wildman–Crippen MR) is 65.0 cm³/mol. The minimum Gasteiger partial charge on any atom is -0.468 e. The molecule has 1 saturated carbocycles. The van der Waals surface area contributed by atoms with Crippen LogP contribution < -0.4 is 5.73 Å². The molecule has 90 valence electrons. The van der Waals surface area contributed by atoms with E-state index in [0.717, 1.165) is 18.8 Å². The van der Waals surface area contributed by atoms with Crippen molar-refractivity contribution in [1.82, 2.24) is 4.90 Å². The molecule has 0 radical (unpaired) electrons. The first-order valence-corrected chi connectivity index (χ1v) is 6.13. The molecule has 2 atom stereocenters. The number of rotatable bonds is 4. The molecule has 1 heterocycles. The highest BCUT2D eigenvalue weighted by atomic mass is 16.3. The predicted octanol–water partition coefficient (Wildman–Crippen LogP) is 2.23. The van der Waals surface area contributed by atoms with Gasteiger partial charge in [-0.3, -0.25) is 4.90 Å². The Hall–Kier alpha value is -0.800. The van der Waals surface area contributed by atoms with Crippen molar-refractivity contribution in [2.75, 3.05) is 13.6 Å². The van der Waals surface area contributed by atoms with Crippen molar-refractivity contribution >= 4 is 0 Å². The number of hydrogen-bond acceptors (Lipinski definition) is 3. The van der Waals surface area contributed by atoms with Crippen LogP contribution in [-0.2, 0) is 6.54 Å². The fourth-order valence-electron chi connectivity index (χ4n) is 3.05. The van der Waals surface area contributed by atoms with Crippen LogP contribution in [0, 0.1) is 5.92 Å². The van der Waals surface area contributed by atoms with Gasteiger partial charge in [0.15, 0.2) is 0 Å². The maximum atomic E-state index is 6.02. The van der Waals surface area contributed by atoms with Crippen LogP contribution in [0.4, 0.5) is 0 Å². The van der Waals surface area contributed by atoms with Crippen molar-refractivity contribution in [3.05, 3.63) is 24.2 Å². The van der Waals surface area contributed by atoms with E-state index in [4.69, 9.17) is 10.2 Å². The zero-order chi connectivity index (χ0) is 11.6. The summed E-state index contributed by atoms with van der Waals surface area (Å²) >= 11 is 0. The van der Waals surface area contributed by atoms with Crippen LogP contribution in [0.15, 0.2) is 22.8 Å². The Morgan fingerprint density at radius 3 is 2.94 bits per heavy atom. The summed E-state index contributed by atoms with van der Waals surface area (Å²) in [4.78, 5) is 2.38. The fourth-order valence-corrected chi connectivity index (χ4v) is 3.05. The van der Waals surface area contributed by atoms with Crippen LogP contribution in [0.1, 0.15) is 31.9 Å². The Labute approximate surface area is 97.6 Å². The molecule has 2 N–H and O–H groups in total. The van der Waals surface area contributed by atoms with Gasteiger partial charge in [-0.2, -0.15) is 0 Å². The maximum absolute atomic E-state index is 6.02. The highest BCUT2D eigenvalue weighted by Gasteiger charge is 2.42. The van der Waals surface area contributed by atoms with E-state index in [9.17, 15) is 0 Å². The molecule has 0 aliphatic heterocycles. The first-order valence-electron chi connectivity index (χ1n) is 6.13. The van der Waals surface area contributed by atoms with Gasteiger partial charge in [-0.25, -0.2) is 0 Å². The van der Waals surface area contributed by atoms with E-state index in [1.807, 2.05) is 12.1 Å². The lowest BCUT2D eigenvalue weighted by Gasteiger charge is -2.41. The van der Waals surface area contributed by atoms with Gasteiger partial charge >= 0.3 is 0 Å². The quantitative estimate of drug-likeness (QED) is 0.849. The van der Waals surface area contributed by atoms with Crippen molar-refractivity contribution < 1.29 is 4.42 Å². The molecule has 0 bridgehead atoms. The second-order valence-corrected chi connectivity index (χ2v) is 5.04. The Kier molecular flexibility index (Phi) is 3.36. The molecule has 2 rings (SSSR count). The maximum Gasteiger partial charge on any atom is 0.117 e. The van der Waals surface area contributed by atoms with Crippen LogP contribution in [-0.4, -0.2) is 24.0 Å². The van der Waals surface area contributed by atoms with Crippen molar-refractivity contribution in [2.45, 2.75) is 38.3 Å². The van der Waals surface area contributed by atoms with Crippen LogP contribution in [0.2, 0.25) is 0 Å². The molecule has 1 fully saturated rings. The van der Waals surface area contributed by atoms with Crippen LogP contribution in [0.25, 0.3) is 0 Å². The van der Waals surface area contributed by atoms with E-state index < -0.39 is 0 Å². The first kappa shape index (κ1) is 11.7. The smallest absolute Gasteiger partial charge is 0.117 e. The molecular formula is C13H22N2O. The SMILES string of the molecule is CC1CCCC1(CN)N(C)Cc1ccco1. The summed E-state index contributed by atoms with van der Waals surface area (Å²) in [6, 6.07) is 3.97. The highest BCUT2D eigenvalue weighted by Crippen LogP contribution is 2.39. The highest BCUT2D eigenvalue weighted by molar-refractivity contribution is 5.03. The van der Waals surface area contributed by atoms with Gasteiger partial charge in [0.2, 0.25) is 0 Å². The molecule has 1 aromatic rings. The van der Waals surface area contributed by atoms with E-state index in [1.54, 1.807) is 6.26 Å². The lowest BCUT2D eigenvalue weighted by molar-refractivity contribution is 0.0774. The summed E-state index contributed by atoms with van der Waals surface area (Å²) in [6.07, 6.45) is 5.53. The second kappa shape index (κ2) is 4.60.